The number of aliphatic hydroxyl groups is 3. The van der Waals surface area contributed by atoms with E-state index >= 15 is 0 Å². The van der Waals surface area contributed by atoms with E-state index in [-0.39, 0.29) is 11.6 Å². The first-order valence-electron chi connectivity index (χ1n) is 6.37. The van der Waals surface area contributed by atoms with Crippen LogP contribution in [0.4, 0.5) is 11.6 Å². The number of nitrogens with two attached hydrogens (primary N) is 1. The molecule has 4 atom stereocenters. The molecule has 11 heteroatoms. The summed E-state index contributed by atoms with van der Waals surface area (Å²) in [6.45, 7) is -0.435. The molecule has 22 heavy (non-hydrogen) atoms. The van der Waals surface area contributed by atoms with Crippen molar-refractivity contribution in [3.8, 4) is 0 Å². The summed E-state index contributed by atoms with van der Waals surface area (Å²) in [6, 6.07) is 1.44. The van der Waals surface area contributed by atoms with Gasteiger partial charge in [-0.15, -0.1) is 0 Å². The van der Waals surface area contributed by atoms with Crippen molar-refractivity contribution >= 4 is 22.7 Å². The van der Waals surface area contributed by atoms with E-state index in [0.717, 1.165) is 0 Å². The number of rotatable bonds is 3. The molecule has 0 aliphatic carbocycles. The number of fused-ring (bicyclic) bond motifs is 1. The zero-order valence-corrected chi connectivity index (χ0v) is 11.2. The van der Waals surface area contributed by atoms with E-state index in [0.29, 0.717) is 11.0 Å². The van der Waals surface area contributed by atoms with Gasteiger partial charge in [0.2, 0.25) is 0 Å². The highest BCUT2D eigenvalue weighted by atomic mass is 16.6. The normalized spacial score (nSPS) is 28.0. The number of imidazole rings is 1. The van der Waals surface area contributed by atoms with Crippen molar-refractivity contribution < 1.29 is 20.1 Å². The van der Waals surface area contributed by atoms with Gasteiger partial charge in [0.05, 0.1) is 18.5 Å². The smallest absolute Gasteiger partial charge is 0.164 e. The molecule has 5 N–H and O–H groups in total. The summed E-state index contributed by atoms with van der Waals surface area (Å²) in [6.07, 6.45) is -3.00. The summed E-state index contributed by atoms with van der Waals surface area (Å²) >= 11 is 0. The molecule has 2 aromatic heterocycles. The number of pyridine rings is 1. The van der Waals surface area contributed by atoms with Crippen LogP contribution in [0.25, 0.3) is 21.5 Å². The van der Waals surface area contributed by atoms with Crippen LogP contribution in [-0.4, -0.2) is 54.8 Å². The molecule has 116 valence electrons. The standard InChI is InChI=1S/C11H13N7O4/c12-10-7-4(1-6(15-10)16-17-13)18(3-14-7)11-9(21)8(20)5(2-19)22-11/h1,3,5,8-9,11,19-21H,2H2,(H2,12,15)/t5-,8-,9-,11-/m1/s1. The summed E-state index contributed by atoms with van der Waals surface area (Å²) in [7, 11) is 0. The number of aromatic nitrogens is 3. The molecule has 0 radical (unpaired) electrons. The van der Waals surface area contributed by atoms with Crippen LogP contribution >= 0.6 is 0 Å². The highest BCUT2D eigenvalue weighted by molar-refractivity contribution is 5.87. The lowest BCUT2D eigenvalue weighted by Crippen LogP contribution is -2.33. The largest absolute Gasteiger partial charge is 0.394 e. The van der Waals surface area contributed by atoms with Gasteiger partial charge in [-0.05, 0) is 16.7 Å². The van der Waals surface area contributed by atoms with Gasteiger partial charge in [0, 0.05) is 4.91 Å². The van der Waals surface area contributed by atoms with Crippen LogP contribution in [0.5, 0.6) is 0 Å². The number of ether oxygens (including phenoxy) is 1. The first-order valence-corrected chi connectivity index (χ1v) is 6.37. The van der Waals surface area contributed by atoms with Crippen LogP contribution in [0.3, 0.4) is 0 Å². The number of nitrogen functional groups attached to an aromatic ring is 1. The molecule has 0 bridgehead atoms. The van der Waals surface area contributed by atoms with Gasteiger partial charge in [0.1, 0.15) is 29.6 Å². The summed E-state index contributed by atoms with van der Waals surface area (Å²) in [4.78, 5) is 10.6. The summed E-state index contributed by atoms with van der Waals surface area (Å²) in [5.74, 6) is 0.103. The van der Waals surface area contributed by atoms with Crippen LogP contribution in [0, 0.1) is 0 Å². The third kappa shape index (κ3) is 2.13. The first-order chi connectivity index (χ1) is 10.6. The molecule has 0 saturated carbocycles. The van der Waals surface area contributed by atoms with E-state index in [4.69, 9.17) is 21.1 Å². The Morgan fingerprint density at radius 1 is 1.45 bits per heavy atom. The molecular formula is C11H13N7O4. The van der Waals surface area contributed by atoms with Gasteiger partial charge in [-0.2, -0.15) is 0 Å². The predicted octanol–water partition coefficient (Wildman–Crippen LogP) is -0.433. The number of hydrogen-bond acceptors (Lipinski definition) is 8. The molecule has 3 rings (SSSR count). The highest BCUT2D eigenvalue weighted by Gasteiger charge is 2.43. The SMILES string of the molecule is [N-]=[N+]=Nc1cc2c(ncn2[C@@H]2O[C@H](CO)[C@@H](O)[C@H]2O)c(N)n1. The zero-order valence-electron chi connectivity index (χ0n) is 11.2. The Morgan fingerprint density at radius 2 is 2.23 bits per heavy atom. The topological polar surface area (TPSA) is 175 Å². The first kappa shape index (κ1) is 14.5. The van der Waals surface area contributed by atoms with Gasteiger partial charge in [0.25, 0.3) is 0 Å². The Hall–Kier alpha value is -2.43. The number of azide groups is 1. The maximum Gasteiger partial charge on any atom is 0.164 e. The minimum absolute atomic E-state index is 0.0426. The van der Waals surface area contributed by atoms with Crippen molar-refractivity contribution in [3.05, 3.63) is 22.8 Å². The zero-order chi connectivity index (χ0) is 15.9. The molecular weight excluding hydrogens is 294 g/mol. The summed E-state index contributed by atoms with van der Waals surface area (Å²) < 4.78 is 6.87. The summed E-state index contributed by atoms with van der Waals surface area (Å²) in [5, 5.41) is 32.4. The lowest BCUT2D eigenvalue weighted by Gasteiger charge is -2.17. The molecule has 0 unspecified atom stereocenters. The van der Waals surface area contributed by atoms with E-state index in [1.807, 2.05) is 0 Å². The van der Waals surface area contributed by atoms with Crippen molar-refractivity contribution in [3.63, 3.8) is 0 Å². The van der Waals surface area contributed by atoms with E-state index in [1.54, 1.807) is 0 Å². The maximum absolute atomic E-state index is 10.1. The molecule has 0 aromatic carbocycles. The van der Waals surface area contributed by atoms with E-state index < -0.39 is 31.1 Å². The van der Waals surface area contributed by atoms with Crippen LogP contribution in [-0.2, 0) is 4.74 Å². The maximum atomic E-state index is 10.1. The number of anilines is 1. The Kier molecular flexibility index (Phi) is 3.56. The van der Waals surface area contributed by atoms with Crippen molar-refractivity contribution in [1.29, 1.82) is 0 Å². The van der Waals surface area contributed by atoms with Crippen LogP contribution < -0.4 is 5.73 Å². The van der Waals surface area contributed by atoms with Gasteiger partial charge in [-0.1, -0.05) is 0 Å². The molecule has 0 amide bonds. The number of aliphatic hydroxyl groups excluding tert-OH is 3. The van der Waals surface area contributed by atoms with Gasteiger partial charge >= 0.3 is 0 Å². The molecule has 1 aliphatic rings. The molecule has 11 nitrogen and oxygen atoms in total. The Bertz CT molecular complexity index is 756. The quantitative estimate of drug-likeness (QED) is 0.337. The second-order valence-electron chi connectivity index (χ2n) is 4.80. The van der Waals surface area contributed by atoms with Gasteiger partial charge in [-0.25, -0.2) is 9.97 Å². The second kappa shape index (κ2) is 5.40. The highest BCUT2D eigenvalue weighted by Crippen LogP contribution is 2.33. The predicted molar refractivity (Wildman–Crippen MR) is 73.8 cm³/mol. The fourth-order valence-corrected chi connectivity index (χ4v) is 2.45. The van der Waals surface area contributed by atoms with Crippen LogP contribution in [0.2, 0.25) is 0 Å². The third-order valence-electron chi connectivity index (χ3n) is 3.51. The fourth-order valence-electron chi connectivity index (χ4n) is 2.45. The lowest BCUT2D eigenvalue weighted by molar-refractivity contribution is -0.0508. The molecule has 2 aromatic rings. The van der Waals surface area contributed by atoms with Gasteiger partial charge in [0.15, 0.2) is 12.0 Å². The van der Waals surface area contributed by atoms with Gasteiger partial charge in [-0.3, -0.25) is 0 Å². The average molecular weight is 307 g/mol. The Morgan fingerprint density at radius 3 is 2.86 bits per heavy atom. The minimum Gasteiger partial charge on any atom is -0.394 e. The Labute approximate surface area is 123 Å². The average Bonchev–Trinajstić information content (AvgIpc) is 3.03. The second-order valence-corrected chi connectivity index (χ2v) is 4.80. The molecule has 3 heterocycles. The molecule has 0 spiro atoms. The van der Waals surface area contributed by atoms with Gasteiger partial charge < -0.3 is 30.4 Å². The van der Waals surface area contributed by atoms with Crippen molar-refractivity contribution in [2.24, 2.45) is 5.11 Å². The minimum atomic E-state index is -1.26. The van der Waals surface area contributed by atoms with E-state index in [9.17, 15) is 10.2 Å². The van der Waals surface area contributed by atoms with Crippen LogP contribution in [0.1, 0.15) is 6.23 Å². The van der Waals surface area contributed by atoms with Crippen molar-refractivity contribution in [2.45, 2.75) is 24.5 Å². The van der Waals surface area contributed by atoms with Crippen LogP contribution in [0.15, 0.2) is 17.5 Å². The number of nitrogens with zero attached hydrogens (tertiary/aromatic N) is 6. The van der Waals surface area contributed by atoms with Crippen molar-refractivity contribution in [2.75, 3.05) is 12.3 Å². The molecule has 1 fully saturated rings. The molecule has 1 aliphatic heterocycles. The van der Waals surface area contributed by atoms with E-state index in [1.165, 1.54) is 17.0 Å². The fraction of sp³-hybridized carbons (Fsp3) is 0.455. The number of hydrogen-bond donors (Lipinski definition) is 4. The monoisotopic (exact) mass is 307 g/mol. The summed E-state index contributed by atoms with van der Waals surface area (Å²) in [5.41, 5.74) is 15.0. The Balaban J connectivity index is 2.10. The molecule has 1 saturated heterocycles. The van der Waals surface area contributed by atoms with E-state index in [2.05, 4.69) is 20.0 Å². The van der Waals surface area contributed by atoms with Crippen molar-refractivity contribution in [1.82, 2.24) is 14.5 Å². The lowest BCUT2D eigenvalue weighted by atomic mass is 10.1. The third-order valence-corrected chi connectivity index (χ3v) is 3.51.